The summed E-state index contributed by atoms with van der Waals surface area (Å²) in [6.07, 6.45) is 6.64. The first-order valence-electron chi connectivity index (χ1n) is 11.5. The molecule has 31 heavy (non-hydrogen) atoms. The molecule has 0 bridgehead atoms. The van der Waals surface area contributed by atoms with Crippen molar-refractivity contribution >= 4 is 17.5 Å². The number of rotatable bonds is 6. The number of allylic oxidation sites excluding steroid dienone is 1. The zero-order chi connectivity index (χ0) is 21.8. The van der Waals surface area contributed by atoms with Crippen molar-refractivity contribution in [3.05, 3.63) is 58.8 Å². The number of ether oxygens (including phenoxy) is 1. The van der Waals surface area contributed by atoms with Crippen LogP contribution in [-0.2, 0) is 6.54 Å². The Labute approximate surface area is 184 Å². The van der Waals surface area contributed by atoms with E-state index in [2.05, 4.69) is 35.8 Å². The molecular formula is C26H32N2O3. The highest BCUT2D eigenvalue weighted by atomic mass is 16.5. The van der Waals surface area contributed by atoms with Crippen LogP contribution in [0.25, 0.3) is 6.08 Å². The van der Waals surface area contributed by atoms with Gasteiger partial charge in [-0.15, -0.1) is 0 Å². The van der Waals surface area contributed by atoms with Crippen molar-refractivity contribution in [1.29, 1.82) is 0 Å². The van der Waals surface area contributed by atoms with Gasteiger partial charge in [0.25, 0.3) is 0 Å². The lowest BCUT2D eigenvalue weighted by molar-refractivity contribution is 0.101. The van der Waals surface area contributed by atoms with Crippen molar-refractivity contribution in [3.63, 3.8) is 0 Å². The molecule has 0 aliphatic carbocycles. The number of hydrogen-bond acceptors (Lipinski definition) is 5. The van der Waals surface area contributed by atoms with E-state index in [1.807, 2.05) is 12.1 Å². The van der Waals surface area contributed by atoms with Gasteiger partial charge in [0.05, 0.1) is 11.1 Å². The number of Topliss-reactive ketones (excluding diaryl/α,β-unsaturated/α-hetero) is 1. The molecule has 0 spiro atoms. The van der Waals surface area contributed by atoms with Crippen LogP contribution >= 0.6 is 0 Å². The van der Waals surface area contributed by atoms with Crippen molar-refractivity contribution in [2.24, 2.45) is 0 Å². The standard InChI is InChI=1S/C26H32N2O3/c1-3-28(4-2)20-11-9-19(10-12-20)17-24-25(30)21-13-14-23(29)22(26(21)31-24)18-27-15-7-5-6-8-16-27/h9-14,17,29H,3-8,15-16,18H2,1-2H3/b24-17-. The lowest BCUT2D eigenvalue weighted by Crippen LogP contribution is -2.24. The van der Waals surface area contributed by atoms with E-state index in [1.165, 1.54) is 31.4 Å². The molecule has 0 atom stereocenters. The molecule has 2 aliphatic rings. The number of aromatic hydroxyl groups is 1. The fourth-order valence-corrected chi connectivity index (χ4v) is 4.49. The molecule has 1 saturated heterocycles. The van der Waals surface area contributed by atoms with Crippen molar-refractivity contribution in [2.45, 2.75) is 46.1 Å². The third-order valence-electron chi connectivity index (χ3n) is 6.32. The summed E-state index contributed by atoms with van der Waals surface area (Å²) in [6, 6.07) is 11.5. The number of carbonyl (C=O) groups is 1. The SMILES string of the molecule is CCN(CC)c1ccc(/C=C2\Oc3c(ccc(O)c3CN3CCCCCC3)C2=O)cc1. The van der Waals surface area contributed by atoms with Crippen LogP contribution in [-0.4, -0.2) is 42.0 Å². The van der Waals surface area contributed by atoms with Crippen molar-refractivity contribution < 1.29 is 14.6 Å². The number of likely N-dealkylation sites (tertiary alicyclic amines) is 1. The van der Waals surface area contributed by atoms with Gasteiger partial charge in [-0.3, -0.25) is 9.69 Å². The first-order valence-corrected chi connectivity index (χ1v) is 11.5. The average Bonchev–Trinajstić information content (AvgIpc) is 2.94. The first-order chi connectivity index (χ1) is 15.1. The molecular weight excluding hydrogens is 388 g/mol. The van der Waals surface area contributed by atoms with E-state index in [1.54, 1.807) is 18.2 Å². The molecule has 0 aromatic heterocycles. The molecule has 0 unspecified atom stereocenters. The number of nitrogens with zero attached hydrogens (tertiary/aromatic N) is 2. The van der Waals surface area contributed by atoms with Crippen LogP contribution in [0, 0.1) is 0 Å². The number of phenols is 1. The van der Waals surface area contributed by atoms with E-state index < -0.39 is 0 Å². The van der Waals surface area contributed by atoms with E-state index in [0.717, 1.165) is 31.7 Å². The van der Waals surface area contributed by atoms with Gasteiger partial charge < -0.3 is 14.7 Å². The van der Waals surface area contributed by atoms with E-state index in [9.17, 15) is 9.90 Å². The summed E-state index contributed by atoms with van der Waals surface area (Å²) in [5, 5.41) is 10.5. The van der Waals surface area contributed by atoms with Crippen LogP contribution in [0.1, 0.15) is 61.0 Å². The van der Waals surface area contributed by atoms with E-state index in [4.69, 9.17) is 4.74 Å². The molecule has 0 radical (unpaired) electrons. The molecule has 2 aromatic carbocycles. The van der Waals surface area contributed by atoms with E-state index in [-0.39, 0.29) is 11.5 Å². The van der Waals surface area contributed by atoms with Crippen LogP contribution < -0.4 is 9.64 Å². The van der Waals surface area contributed by atoms with Gasteiger partial charge in [-0.05, 0) is 75.7 Å². The Morgan fingerprint density at radius 3 is 2.32 bits per heavy atom. The third-order valence-corrected chi connectivity index (χ3v) is 6.32. The summed E-state index contributed by atoms with van der Waals surface area (Å²) >= 11 is 0. The Bertz CT molecular complexity index is 953. The minimum absolute atomic E-state index is 0.125. The minimum Gasteiger partial charge on any atom is -0.507 e. The molecule has 0 amide bonds. The highest BCUT2D eigenvalue weighted by molar-refractivity contribution is 6.15. The maximum atomic E-state index is 13.0. The zero-order valence-electron chi connectivity index (χ0n) is 18.6. The van der Waals surface area contributed by atoms with Gasteiger partial charge in [-0.2, -0.15) is 0 Å². The Kier molecular flexibility index (Phi) is 6.62. The number of phenolic OH excluding ortho intramolecular Hbond substituents is 1. The predicted molar refractivity (Wildman–Crippen MR) is 125 cm³/mol. The van der Waals surface area contributed by atoms with Crippen LogP contribution in [0.5, 0.6) is 11.5 Å². The number of fused-ring (bicyclic) bond motifs is 1. The molecule has 5 nitrogen and oxygen atoms in total. The topological polar surface area (TPSA) is 53.0 Å². The minimum atomic E-state index is -0.125. The molecule has 1 fully saturated rings. The number of anilines is 1. The summed E-state index contributed by atoms with van der Waals surface area (Å²) in [5.41, 5.74) is 3.34. The monoisotopic (exact) mass is 420 g/mol. The third kappa shape index (κ3) is 4.62. The number of ketones is 1. The highest BCUT2D eigenvalue weighted by Crippen LogP contribution is 2.40. The Morgan fingerprint density at radius 1 is 1.00 bits per heavy atom. The lowest BCUT2D eigenvalue weighted by atomic mass is 10.0. The maximum Gasteiger partial charge on any atom is 0.231 e. The fourth-order valence-electron chi connectivity index (χ4n) is 4.49. The summed E-state index contributed by atoms with van der Waals surface area (Å²) in [5.74, 6) is 0.897. The number of benzene rings is 2. The summed E-state index contributed by atoms with van der Waals surface area (Å²) in [4.78, 5) is 17.6. The Hall–Kier alpha value is -2.79. The maximum absolute atomic E-state index is 13.0. The molecule has 4 rings (SSSR count). The van der Waals surface area contributed by atoms with Crippen LogP contribution in [0.15, 0.2) is 42.2 Å². The molecule has 2 aliphatic heterocycles. The average molecular weight is 421 g/mol. The molecule has 164 valence electrons. The number of hydrogen-bond donors (Lipinski definition) is 1. The first kappa shape index (κ1) is 21.4. The highest BCUT2D eigenvalue weighted by Gasteiger charge is 2.31. The van der Waals surface area contributed by atoms with Gasteiger partial charge >= 0.3 is 0 Å². The van der Waals surface area contributed by atoms with Gasteiger partial charge in [0, 0.05) is 25.3 Å². The largest absolute Gasteiger partial charge is 0.507 e. The summed E-state index contributed by atoms with van der Waals surface area (Å²) < 4.78 is 6.04. The van der Waals surface area contributed by atoms with Gasteiger partial charge in [0.15, 0.2) is 5.76 Å². The molecule has 1 N–H and O–H groups in total. The van der Waals surface area contributed by atoms with E-state index in [0.29, 0.717) is 29.2 Å². The Morgan fingerprint density at radius 2 is 1.68 bits per heavy atom. The van der Waals surface area contributed by atoms with Crippen LogP contribution in [0.2, 0.25) is 0 Å². The molecule has 2 aromatic rings. The fraction of sp³-hybridized carbons (Fsp3) is 0.423. The molecule has 2 heterocycles. The summed E-state index contributed by atoms with van der Waals surface area (Å²) in [7, 11) is 0. The van der Waals surface area contributed by atoms with Gasteiger partial charge in [-0.25, -0.2) is 0 Å². The van der Waals surface area contributed by atoms with Crippen molar-refractivity contribution in [1.82, 2.24) is 4.90 Å². The zero-order valence-corrected chi connectivity index (χ0v) is 18.6. The lowest BCUT2D eigenvalue weighted by Gasteiger charge is -2.21. The smallest absolute Gasteiger partial charge is 0.231 e. The van der Waals surface area contributed by atoms with Gasteiger partial charge in [0.2, 0.25) is 5.78 Å². The van der Waals surface area contributed by atoms with Gasteiger partial charge in [0.1, 0.15) is 11.5 Å². The second-order valence-electron chi connectivity index (χ2n) is 8.33. The van der Waals surface area contributed by atoms with Crippen LogP contribution in [0.3, 0.4) is 0 Å². The van der Waals surface area contributed by atoms with E-state index >= 15 is 0 Å². The number of carbonyl (C=O) groups excluding carboxylic acids is 1. The second-order valence-corrected chi connectivity index (χ2v) is 8.33. The molecule has 5 heteroatoms. The van der Waals surface area contributed by atoms with Crippen molar-refractivity contribution in [2.75, 3.05) is 31.1 Å². The Balaban J connectivity index is 1.57. The molecule has 0 saturated carbocycles. The van der Waals surface area contributed by atoms with Gasteiger partial charge in [-0.1, -0.05) is 25.0 Å². The van der Waals surface area contributed by atoms with Crippen LogP contribution in [0.4, 0.5) is 5.69 Å². The quantitative estimate of drug-likeness (QED) is 0.649. The second kappa shape index (κ2) is 9.56. The normalized spacial score (nSPS) is 18.0. The van der Waals surface area contributed by atoms with Crippen molar-refractivity contribution in [3.8, 4) is 11.5 Å². The predicted octanol–water partition coefficient (Wildman–Crippen LogP) is 5.23. The summed E-state index contributed by atoms with van der Waals surface area (Å²) in [6.45, 7) is 8.82.